The van der Waals surface area contributed by atoms with Crippen LogP contribution in [0.2, 0.25) is 0 Å². The van der Waals surface area contributed by atoms with Gasteiger partial charge in [-0.3, -0.25) is 9.20 Å². The van der Waals surface area contributed by atoms with Crippen molar-refractivity contribution in [1.29, 1.82) is 0 Å². The Morgan fingerprint density at radius 3 is 2.46 bits per heavy atom. The minimum Gasteiger partial charge on any atom is -0.355 e. The monoisotopic (exact) mass is 425 g/mol. The predicted octanol–water partition coefficient (Wildman–Crippen LogP) is 1.84. The Balaban J connectivity index is 1.92. The largest absolute Gasteiger partial charge is 0.355 e. The summed E-state index contributed by atoms with van der Waals surface area (Å²) < 4.78 is 49.0. The maximum atomic E-state index is 13.6. The molecule has 0 aliphatic carbocycles. The van der Waals surface area contributed by atoms with Gasteiger partial charge in [0.05, 0.1) is 16.6 Å². The van der Waals surface area contributed by atoms with E-state index in [-0.39, 0.29) is 12.3 Å². The lowest BCUT2D eigenvalue weighted by atomic mass is 10.1. The summed E-state index contributed by atoms with van der Waals surface area (Å²) in [5.74, 6) is 0.269. The minimum atomic E-state index is -3.24. The van der Waals surface area contributed by atoms with Gasteiger partial charge in [-0.05, 0) is 35.4 Å². The number of rotatable bonds is 8. The van der Waals surface area contributed by atoms with E-state index in [1.165, 1.54) is 18.2 Å². The normalized spacial score (nSPS) is 13.2. The van der Waals surface area contributed by atoms with E-state index in [1.807, 2.05) is 30.3 Å². The third-order valence-electron chi connectivity index (χ3n) is 3.84. The fraction of sp³-hybridized carbons (Fsp3) is 0.316. The molecule has 152 valence electrons. The van der Waals surface area contributed by atoms with Gasteiger partial charge in [-0.15, -0.1) is 0 Å². The van der Waals surface area contributed by atoms with Crippen LogP contribution in [0.5, 0.6) is 0 Å². The standard InChI is InChI=1S/C19H24FN3O3S2/c1-21-19(22-10-11-27(24)18-6-4-3-5-7-18)23-13-16-12-17(20)9-8-15(16)14-28(2,25)26/h3-9,12H,10-11,13-14H2,1-2H3,(H2,21,22,23). The van der Waals surface area contributed by atoms with Crippen molar-refractivity contribution in [3.63, 3.8) is 0 Å². The topological polar surface area (TPSA) is 87.6 Å². The number of benzene rings is 2. The molecule has 2 N–H and O–H groups in total. The molecule has 28 heavy (non-hydrogen) atoms. The second-order valence-electron chi connectivity index (χ2n) is 6.20. The molecule has 0 saturated heterocycles. The second-order valence-corrected chi connectivity index (χ2v) is 9.91. The lowest BCUT2D eigenvalue weighted by molar-refractivity contribution is 0.599. The average molecular weight is 426 g/mol. The second kappa shape index (κ2) is 10.3. The first-order valence-corrected chi connectivity index (χ1v) is 12.0. The Kier molecular flexibility index (Phi) is 8.13. The first kappa shape index (κ1) is 22.0. The van der Waals surface area contributed by atoms with Crippen molar-refractivity contribution in [2.24, 2.45) is 4.99 Å². The summed E-state index contributed by atoms with van der Waals surface area (Å²) in [7, 11) is -2.77. The van der Waals surface area contributed by atoms with Crippen LogP contribution >= 0.6 is 0 Å². The van der Waals surface area contributed by atoms with Crippen LogP contribution in [0.4, 0.5) is 4.39 Å². The molecule has 2 rings (SSSR count). The molecule has 0 aliphatic rings. The number of nitrogens with one attached hydrogen (secondary N) is 2. The van der Waals surface area contributed by atoms with Crippen molar-refractivity contribution in [2.45, 2.75) is 17.2 Å². The molecule has 0 fully saturated rings. The third-order valence-corrected chi connectivity index (χ3v) is 6.05. The molecule has 0 spiro atoms. The number of sulfone groups is 1. The van der Waals surface area contributed by atoms with Gasteiger partial charge in [-0.25, -0.2) is 12.8 Å². The summed E-state index contributed by atoms with van der Waals surface area (Å²) in [6.45, 7) is 0.643. The number of nitrogens with zero attached hydrogens (tertiary/aromatic N) is 1. The molecule has 0 aromatic heterocycles. The van der Waals surface area contributed by atoms with Gasteiger partial charge in [0.15, 0.2) is 15.8 Å². The lowest BCUT2D eigenvalue weighted by Crippen LogP contribution is -2.38. The van der Waals surface area contributed by atoms with E-state index in [0.29, 0.717) is 29.4 Å². The fourth-order valence-electron chi connectivity index (χ4n) is 2.53. The molecular formula is C19H24FN3O3S2. The third kappa shape index (κ3) is 7.40. The Hall–Kier alpha value is -2.26. The van der Waals surface area contributed by atoms with Gasteiger partial charge in [0.1, 0.15) is 5.82 Å². The summed E-state index contributed by atoms with van der Waals surface area (Å²) in [5, 5.41) is 6.09. The molecular weight excluding hydrogens is 401 g/mol. The zero-order valence-electron chi connectivity index (χ0n) is 15.8. The summed E-state index contributed by atoms with van der Waals surface area (Å²) >= 11 is 0. The molecule has 0 amide bonds. The van der Waals surface area contributed by atoms with Crippen LogP contribution in [0.25, 0.3) is 0 Å². The highest BCUT2D eigenvalue weighted by atomic mass is 32.2. The molecule has 2 aromatic carbocycles. The van der Waals surface area contributed by atoms with E-state index in [0.717, 1.165) is 11.2 Å². The first-order valence-electron chi connectivity index (χ1n) is 8.61. The molecule has 0 heterocycles. The van der Waals surface area contributed by atoms with Gasteiger partial charge < -0.3 is 10.6 Å². The molecule has 0 aliphatic heterocycles. The molecule has 1 atom stereocenters. The van der Waals surface area contributed by atoms with Gasteiger partial charge in [0, 0.05) is 37.0 Å². The number of halogens is 1. The van der Waals surface area contributed by atoms with E-state index in [1.54, 1.807) is 7.05 Å². The van der Waals surface area contributed by atoms with Gasteiger partial charge in [0.25, 0.3) is 0 Å². The molecule has 1 unspecified atom stereocenters. The fourth-order valence-corrected chi connectivity index (χ4v) is 4.36. The van der Waals surface area contributed by atoms with Crippen molar-refractivity contribution in [2.75, 3.05) is 25.6 Å². The Morgan fingerprint density at radius 1 is 1.11 bits per heavy atom. The Bertz CT molecular complexity index is 948. The van der Waals surface area contributed by atoms with Crippen LogP contribution < -0.4 is 10.6 Å². The number of aliphatic imine (C=N–C) groups is 1. The van der Waals surface area contributed by atoms with Crippen LogP contribution in [-0.2, 0) is 32.9 Å². The number of hydrogen-bond donors (Lipinski definition) is 2. The highest BCUT2D eigenvalue weighted by molar-refractivity contribution is 7.89. The smallest absolute Gasteiger partial charge is 0.191 e. The molecule has 2 aromatic rings. The molecule has 0 bridgehead atoms. The van der Waals surface area contributed by atoms with Crippen molar-refractivity contribution in [1.82, 2.24) is 10.6 Å². The van der Waals surface area contributed by atoms with E-state index in [2.05, 4.69) is 15.6 Å². The molecule has 0 saturated carbocycles. The van der Waals surface area contributed by atoms with Crippen molar-refractivity contribution < 1.29 is 17.0 Å². The van der Waals surface area contributed by atoms with E-state index in [9.17, 15) is 17.0 Å². The van der Waals surface area contributed by atoms with E-state index in [4.69, 9.17) is 0 Å². The van der Waals surface area contributed by atoms with Gasteiger partial charge in [-0.1, -0.05) is 24.3 Å². The summed E-state index contributed by atoms with van der Waals surface area (Å²) in [6.07, 6.45) is 1.14. The highest BCUT2D eigenvalue weighted by Crippen LogP contribution is 2.14. The van der Waals surface area contributed by atoms with Crippen LogP contribution in [0.3, 0.4) is 0 Å². The molecule has 0 radical (unpaired) electrons. The van der Waals surface area contributed by atoms with Gasteiger partial charge >= 0.3 is 0 Å². The summed E-state index contributed by atoms with van der Waals surface area (Å²) in [6, 6.07) is 13.2. The molecule has 6 nitrogen and oxygen atoms in total. The molecule has 9 heteroatoms. The average Bonchev–Trinajstić information content (AvgIpc) is 2.66. The SMILES string of the molecule is CN=C(NCCS(=O)c1ccccc1)NCc1cc(F)ccc1CS(C)(=O)=O. The van der Waals surface area contributed by atoms with E-state index >= 15 is 0 Å². The van der Waals surface area contributed by atoms with Gasteiger partial charge in [0.2, 0.25) is 0 Å². The van der Waals surface area contributed by atoms with Crippen molar-refractivity contribution in [3.05, 3.63) is 65.5 Å². The van der Waals surface area contributed by atoms with Crippen LogP contribution in [-0.4, -0.2) is 44.2 Å². The Morgan fingerprint density at radius 2 is 1.82 bits per heavy atom. The number of hydrogen-bond acceptors (Lipinski definition) is 4. The summed E-state index contributed by atoms with van der Waals surface area (Å²) in [5.41, 5.74) is 1.08. The van der Waals surface area contributed by atoms with E-state index < -0.39 is 26.5 Å². The van der Waals surface area contributed by atoms with Crippen molar-refractivity contribution >= 4 is 26.6 Å². The Labute approximate surface area is 167 Å². The maximum absolute atomic E-state index is 13.6. The van der Waals surface area contributed by atoms with Gasteiger partial charge in [-0.2, -0.15) is 0 Å². The minimum absolute atomic E-state index is 0.160. The number of guanidine groups is 1. The summed E-state index contributed by atoms with van der Waals surface area (Å²) in [4.78, 5) is 4.84. The van der Waals surface area contributed by atoms with Crippen LogP contribution in [0.15, 0.2) is 58.4 Å². The zero-order chi connectivity index (χ0) is 20.6. The van der Waals surface area contributed by atoms with Crippen LogP contribution in [0, 0.1) is 5.82 Å². The van der Waals surface area contributed by atoms with Crippen molar-refractivity contribution in [3.8, 4) is 0 Å². The quantitative estimate of drug-likeness (QED) is 0.498. The first-order chi connectivity index (χ1) is 13.3. The lowest BCUT2D eigenvalue weighted by Gasteiger charge is -2.14. The zero-order valence-corrected chi connectivity index (χ0v) is 17.4. The predicted molar refractivity (Wildman–Crippen MR) is 111 cm³/mol. The maximum Gasteiger partial charge on any atom is 0.191 e. The van der Waals surface area contributed by atoms with Crippen LogP contribution in [0.1, 0.15) is 11.1 Å². The highest BCUT2D eigenvalue weighted by Gasteiger charge is 2.11.